The van der Waals surface area contributed by atoms with Crippen molar-refractivity contribution in [1.82, 2.24) is 26.2 Å². The Labute approximate surface area is 317 Å². The van der Waals surface area contributed by atoms with Gasteiger partial charge < -0.3 is 26.2 Å². The average molecular weight is 760 g/mol. The van der Waals surface area contributed by atoms with E-state index in [0.29, 0.717) is 38.6 Å². The molecule has 12 nitrogen and oxygen atoms in total. The number of hydrogen-bond donors (Lipinski definition) is 4. The van der Waals surface area contributed by atoms with Gasteiger partial charge in [0, 0.05) is 13.1 Å². The second-order valence-corrected chi connectivity index (χ2v) is 21.7. The third-order valence-electron chi connectivity index (χ3n) is 13.3. The fourth-order valence-electron chi connectivity index (χ4n) is 9.61. The molecule has 0 aromatic carbocycles. The van der Waals surface area contributed by atoms with Gasteiger partial charge in [-0.2, -0.15) is 0 Å². The molecule has 13 heteroatoms. The Hall–Kier alpha value is -2.96. The molecule has 4 N–H and O–H groups in total. The van der Waals surface area contributed by atoms with Gasteiger partial charge >= 0.3 is 6.03 Å². The molecule has 5 aliphatic rings. The van der Waals surface area contributed by atoms with Crippen LogP contribution in [0.4, 0.5) is 4.79 Å². The highest BCUT2D eigenvalue weighted by molar-refractivity contribution is 7.92. The highest BCUT2D eigenvalue weighted by Gasteiger charge is 2.61. The molecule has 298 valence electrons. The summed E-state index contributed by atoms with van der Waals surface area (Å²) in [5.74, 6) is -2.25. The molecule has 0 aromatic rings. The van der Waals surface area contributed by atoms with E-state index in [2.05, 4.69) is 41.7 Å². The lowest BCUT2D eigenvalue weighted by Gasteiger charge is -2.48. The molecule has 4 aliphatic carbocycles. The molecule has 1 heterocycles. The van der Waals surface area contributed by atoms with E-state index in [1.165, 1.54) is 6.08 Å². The summed E-state index contributed by atoms with van der Waals surface area (Å²) in [6.07, 6.45) is 12.3. The molecule has 4 saturated carbocycles. The van der Waals surface area contributed by atoms with Gasteiger partial charge in [0.25, 0.3) is 5.91 Å². The van der Waals surface area contributed by atoms with Gasteiger partial charge in [0.2, 0.25) is 17.6 Å². The molecule has 5 rings (SSSR count). The summed E-state index contributed by atoms with van der Waals surface area (Å²) in [6.45, 7) is 15.4. The Bertz CT molecular complexity index is 1540. The van der Waals surface area contributed by atoms with E-state index in [0.717, 1.165) is 57.8 Å². The largest absolute Gasteiger partial charge is 0.346 e. The Kier molecular flexibility index (Phi) is 12.2. The van der Waals surface area contributed by atoms with Crippen LogP contribution in [-0.4, -0.2) is 90.1 Å². The van der Waals surface area contributed by atoms with Crippen LogP contribution in [0, 0.1) is 28.6 Å². The molecule has 0 spiro atoms. The third-order valence-corrected chi connectivity index (χ3v) is 16.1. The molecule has 0 bridgehead atoms. The quantitative estimate of drug-likeness (QED) is 0.149. The zero-order valence-electron chi connectivity index (χ0n) is 33.0. The van der Waals surface area contributed by atoms with Crippen LogP contribution in [0.3, 0.4) is 0 Å². The number of carbonyl (C=O) groups is 5. The number of sulfone groups is 1. The SMILES string of the molecule is C=CCNC(=O)C(=O)C(CC1CC1)NC(=O)C1C2CC(C)(C)C2CN1C(=O)C(NC(=O)NC1(CS(=O)(=O)C(C)(C)C)CCCCC1)C1(C)CCCCC1. The monoisotopic (exact) mass is 759 g/mol. The first kappa shape index (κ1) is 41.2. The van der Waals surface area contributed by atoms with Crippen molar-refractivity contribution in [1.29, 1.82) is 0 Å². The third kappa shape index (κ3) is 9.13. The van der Waals surface area contributed by atoms with Crippen molar-refractivity contribution in [3.63, 3.8) is 0 Å². The summed E-state index contributed by atoms with van der Waals surface area (Å²) in [4.78, 5) is 71.3. The fourth-order valence-corrected chi connectivity index (χ4v) is 11.1. The number of hydrogen-bond acceptors (Lipinski definition) is 7. The van der Waals surface area contributed by atoms with Crippen LogP contribution in [0.2, 0.25) is 0 Å². The molecule has 5 fully saturated rings. The zero-order valence-corrected chi connectivity index (χ0v) is 33.8. The first-order valence-electron chi connectivity index (χ1n) is 20.1. The second-order valence-electron chi connectivity index (χ2n) is 19.0. The molecule has 0 radical (unpaired) electrons. The molecule has 5 unspecified atom stereocenters. The first-order valence-corrected chi connectivity index (χ1v) is 21.7. The number of urea groups is 1. The predicted octanol–water partition coefficient (Wildman–Crippen LogP) is 4.57. The molecular formula is C40H65N5O7S. The van der Waals surface area contributed by atoms with Crippen LogP contribution in [0.15, 0.2) is 12.7 Å². The van der Waals surface area contributed by atoms with Crippen LogP contribution in [0.25, 0.3) is 0 Å². The van der Waals surface area contributed by atoms with Crippen molar-refractivity contribution in [2.75, 3.05) is 18.8 Å². The lowest BCUT2D eigenvalue weighted by atomic mass is 9.55. The van der Waals surface area contributed by atoms with E-state index in [1.807, 2.05) is 6.92 Å². The van der Waals surface area contributed by atoms with Crippen LogP contribution < -0.4 is 21.3 Å². The van der Waals surface area contributed by atoms with Crippen LogP contribution >= 0.6 is 0 Å². The topological polar surface area (TPSA) is 171 Å². The van der Waals surface area contributed by atoms with Gasteiger partial charge in [0.15, 0.2) is 9.84 Å². The molecule has 0 aromatic heterocycles. The van der Waals surface area contributed by atoms with E-state index < -0.39 is 67.3 Å². The number of Topliss-reactive ketones (excluding diaryl/α,β-unsaturated/α-hetero) is 1. The van der Waals surface area contributed by atoms with Crippen molar-refractivity contribution >= 4 is 39.4 Å². The van der Waals surface area contributed by atoms with Crippen molar-refractivity contribution in [2.24, 2.45) is 28.6 Å². The summed E-state index contributed by atoms with van der Waals surface area (Å²) in [5.41, 5.74) is -1.64. The Morgan fingerprint density at radius 2 is 1.51 bits per heavy atom. The maximum Gasteiger partial charge on any atom is 0.315 e. The van der Waals surface area contributed by atoms with Crippen LogP contribution in [-0.2, 0) is 29.0 Å². The summed E-state index contributed by atoms with van der Waals surface area (Å²) < 4.78 is 26.0. The lowest BCUT2D eigenvalue weighted by molar-refractivity contribution is -0.145. The molecule has 1 saturated heterocycles. The van der Waals surface area contributed by atoms with Crippen molar-refractivity contribution < 1.29 is 32.4 Å². The van der Waals surface area contributed by atoms with Gasteiger partial charge in [-0.1, -0.05) is 78.2 Å². The van der Waals surface area contributed by atoms with E-state index in [4.69, 9.17) is 0 Å². The van der Waals surface area contributed by atoms with E-state index in [-0.39, 0.29) is 41.4 Å². The van der Waals surface area contributed by atoms with Crippen molar-refractivity contribution in [2.45, 2.75) is 160 Å². The maximum atomic E-state index is 15.1. The smallest absolute Gasteiger partial charge is 0.315 e. The number of nitrogens with zero attached hydrogens (tertiary/aromatic N) is 1. The van der Waals surface area contributed by atoms with E-state index >= 15 is 4.79 Å². The minimum absolute atomic E-state index is 0.0532. The summed E-state index contributed by atoms with van der Waals surface area (Å²) in [7, 11) is -3.57. The van der Waals surface area contributed by atoms with Gasteiger partial charge in [-0.25, -0.2) is 13.2 Å². The summed E-state index contributed by atoms with van der Waals surface area (Å²) in [5, 5.41) is 11.6. The normalized spacial score (nSPS) is 27.2. The number of ketones is 1. The Balaban J connectivity index is 1.42. The number of amides is 5. The molecule has 5 amide bonds. The van der Waals surface area contributed by atoms with E-state index in [9.17, 15) is 27.6 Å². The van der Waals surface area contributed by atoms with Gasteiger partial charge in [-0.15, -0.1) is 6.58 Å². The molecule has 5 atom stereocenters. The number of nitrogens with one attached hydrogen (secondary N) is 4. The Morgan fingerprint density at radius 3 is 2.06 bits per heavy atom. The zero-order chi connectivity index (χ0) is 39.0. The van der Waals surface area contributed by atoms with Gasteiger partial charge in [0.1, 0.15) is 12.1 Å². The average Bonchev–Trinajstić information content (AvgIpc) is 3.83. The van der Waals surface area contributed by atoms with Crippen LogP contribution in [0.1, 0.15) is 131 Å². The van der Waals surface area contributed by atoms with Gasteiger partial charge in [-0.3, -0.25) is 19.2 Å². The van der Waals surface area contributed by atoms with Crippen LogP contribution in [0.5, 0.6) is 0 Å². The molecular weight excluding hydrogens is 695 g/mol. The molecule has 1 aliphatic heterocycles. The van der Waals surface area contributed by atoms with Gasteiger partial charge in [-0.05, 0) is 87.9 Å². The first-order chi connectivity index (χ1) is 24.7. The van der Waals surface area contributed by atoms with Crippen molar-refractivity contribution in [3.8, 4) is 0 Å². The predicted molar refractivity (Wildman–Crippen MR) is 204 cm³/mol. The summed E-state index contributed by atoms with van der Waals surface area (Å²) in [6, 6.07) is -3.37. The minimum atomic E-state index is -3.57. The number of carbonyl (C=O) groups excluding carboxylic acids is 5. The van der Waals surface area contributed by atoms with Crippen molar-refractivity contribution in [3.05, 3.63) is 12.7 Å². The fraction of sp³-hybridized carbons (Fsp3) is 0.825. The Morgan fingerprint density at radius 1 is 0.906 bits per heavy atom. The van der Waals surface area contributed by atoms with Gasteiger partial charge in [0.05, 0.1) is 22.1 Å². The standard InChI is InChI=1S/C40H65N5O7S/c1-8-21-41-34(48)31(46)29(22-26-15-16-26)42-33(47)30-27-23-38(5,6)28(27)24-45(30)35(49)32(39(7)17-11-9-12-18-39)43-36(50)44-40(19-13-10-14-20-40)25-53(51,52)37(2,3)4/h8,26-30,32H,1,9-25H2,2-7H3,(H,41,48)(H,42,47)(H2,43,44,50). The maximum absolute atomic E-state index is 15.1. The minimum Gasteiger partial charge on any atom is -0.346 e. The highest BCUT2D eigenvalue weighted by atomic mass is 32.2. The second kappa shape index (κ2) is 15.6. The number of fused-ring (bicyclic) bond motifs is 1. The molecule has 53 heavy (non-hydrogen) atoms. The number of likely N-dealkylation sites (tertiary alicyclic amines) is 1. The highest BCUT2D eigenvalue weighted by Crippen LogP contribution is 2.57. The number of rotatable bonds is 14. The summed E-state index contributed by atoms with van der Waals surface area (Å²) >= 11 is 0. The van der Waals surface area contributed by atoms with E-state index in [1.54, 1.807) is 25.7 Å². The lowest BCUT2D eigenvalue weighted by Crippen LogP contribution is -2.64.